The molecule has 0 radical (unpaired) electrons. The van der Waals surface area contributed by atoms with Gasteiger partial charge in [0.25, 0.3) is 0 Å². The lowest BCUT2D eigenvalue weighted by Gasteiger charge is -2.31. The van der Waals surface area contributed by atoms with E-state index in [9.17, 15) is 10.2 Å². The van der Waals surface area contributed by atoms with Gasteiger partial charge in [0, 0.05) is 18.7 Å². The molecule has 0 fully saturated rings. The summed E-state index contributed by atoms with van der Waals surface area (Å²) in [4.78, 5) is 4.17. The highest BCUT2D eigenvalue weighted by Crippen LogP contribution is 2.41. The Morgan fingerprint density at radius 3 is 2.04 bits per heavy atom. The summed E-state index contributed by atoms with van der Waals surface area (Å²) in [6.07, 6.45) is 5.99. The zero-order valence-electron chi connectivity index (χ0n) is 18.5. The van der Waals surface area contributed by atoms with E-state index in [1.165, 1.54) is 11.1 Å². The SMILES string of the molecule is CCC(C1=CC(O)=C(CN(C)C)CC1)C(CC)c1ccc(CN(C)C)c(O)c1. The van der Waals surface area contributed by atoms with Gasteiger partial charge in [-0.1, -0.05) is 31.6 Å². The van der Waals surface area contributed by atoms with Crippen LogP contribution in [0.25, 0.3) is 0 Å². The summed E-state index contributed by atoms with van der Waals surface area (Å²) in [6.45, 7) is 5.99. The molecular weight excluding hydrogens is 348 g/mol. The third kappa shape index (κ3) is 5.62. The third-order valence-corrected chi connectivity index (χ3v) is 5.77. The molecule has 0 spiro atoms. The largest absolute Gasteiger partial charge is 0.508 e. The molecule has 4 heteroatoms. The van der Waals surface area contributed by atoms with Gasteiger partial charge in [-0.3, -0.25) is 0 Å². The molecule has 0 aliphatic heterocycles. The van der Waals surface area contributed by atoms with Gasteiger partial charge >= 0.3 is 0 Å². The maximum Gasteiger partial charge on any atom is 0.120 e. The average Bonchev–Trinajstić information content (AvgIpc) is 2.62. The fourth-order valence-corrected chi connectivity index (χ4v) is 4.45. The lowest BCUT2D eigenvalue weighted by molar-refractivity contribution is 0.374. The molecule has 0 saturated carbocycles. The molecule has 2 rings (SSSR count). The molecule has 1 aliphatic carbocycles. The van der Waals surface area contributed by atoms with E-state index in [1.807, 2.05) is 40.3 Å². The van der Waals surface area contributed by atoms with Gasteiger partial charge < -0.3 is 20.0 Å². The van der Waals surface area contributed by atoms with Crippen molar-refractivity contribution in [2.45, 2.75) is 52.0 Å². The summed E-state index contributed by atoms with van der Waals surface area (Å²) in [5.74, 6) is 1.56. The number of allylic oxidation sites excluding steroid dienone is 2. The second-order valence-electron chi connectivity index (χ2n) is 8.60. The fraction of sp³-hybridized carbons (Fsp3) is 0.583. The number of nitrogens with zero attached hydrogens (tertiary/aromatic N) is 2. The Morgan fingerprint density at radius 1 is 0.893 bits per heavy atom. The van der Waals surface area contributed by atoms with Crippen molar-refractivity contribution in [1.29, 1.82) is 0 Å². The summed E-state index contributed by atoms with van der Waals surface area (Å²) in [6, 6.07) is 6.18. The van der Waals surface area contributed by atoms with Crippen molar-refractivity contribution >= 4 is 0 Å². The Balaban J connectivity index is 2.29. The van der Waals surface area contributed by atoms with E-state index >= 15 is 0 Å². The van der Waals surface area contributed by atoms with Crippen molar-refractivity contribution in [3.8, 4) is 5.75 Å². The Kier molecular flexibility index (Phi) is 8.14. The van der Waals surface area contributed by atoms with Gasteiger partial charge in [0.1, 0.15) is 11.5 Å². The first-order valence-electron chi connectivity index (χ1n) is 10.5. The van der Waals surface area contributed by atoms with Crippen LogP contribution in [0.5, 0.6) is 5.75 Å². The maximum absolute atomic E-state index is 10.6. The fourth-order valence-electron chi connectivity index (χ4n) is 4.45. The van der Waals surface area contributed by atoms with Gasteiger partial charge in [0.05, 0.1) is 0 Å². The van der Waals surface area contributed by atoms with Crippen LogP contribution in [-0.4, -0.2) is 54.7 Å². The first-order chi connectivity index (χ1) is 13.3. The summed E-state index contributed by atoms with van der Waals surface area (Å²) in [5.41, 5.74) is 4.62. The zero-order valence-corrected chi connectivity index (χ0v) is 18.5. The standard InChI is InChI=1S/C24H38N2O2/c1-7-21(17-9-11-19(15-25(3)4)23(27)13-17)22(8-2)18-10-12-20(16-26(5)6)24(28)14-18/h9,11,13-14,21-22,27-28H,7-8,10,12,15-16H2,1-6H3. The molecule has 2 atom stereocenters. The van der Waals surface area contributed by atoms with E-state index in [0.717, 1.165) is 49.9 Å². The number of rotatable bonds is 9. The number of benzene rings is 1. The lowest BCUT2D eigenvalue weighted by atomic mass is 9.75. The number of aliphatic hydroxyl groups is 1. The number of phenols is 1. The van der Waals surface area contributed by atoms with Crippen LogP contribution in [0, 0.1) is 5.92 Å². The number of aliphatic hydroxyl groups excluding tert-OH is 1. The van der Waals surface area contributed by atoms with Crippen LogP contribution in [0.4, 0.5) is 0 Å². The van der Waals surface area contributed by atoms with Crippen LogP contribution in [0.15, 0.2) is 41.2 Å². The zero-order chi connectivity index (χ0) is 20.8. The third-order valence-electron chi connectivity index (χ3n) is 5.77. The Hall–Kier alpha value is -1.78. The van der Waals surface area contributed by atoms with Crippen molar-refractivity contribution in [3.05, 3.63) is 52.3 Å². The van der Waals surface area contributed by atoms with E-state index < -0.39 is 0 Å². The molecule has 0 aromatic heterocycles. The Bertz CT molecular complexity index is 719. The highest BCUT2D eigenvalue weighted by molar-refractivity contribution is 5.40. The molecule has 4 nitrogen and oxygen atoms in total. The lowest BCUT2D eigenvalue weighted by Crippen LogP contribution is -2.21. The number of hydrogen-bond donors (Lipinski definition) is 2. The molecule has 1 aromatic carbocycles. The molecule has 0 saturated heterocycles. The minimum atomic E-state index is 0.346. The number of aromatic hydroxyl groups is 1. The maximum atomic E-state index is 10.6. The van der Waals surface area contributed by atoms with Crippen molar-refractivity contribution in [3.63, 3.8) is 0 Å². The summed E-state index contributed by atoms with van der Waals surface area (Å²) in [7, 11) is 8.09. The second kappa shape index (κ2) is 10.1. The van der Waals surface area contributed by atoms with Gasteiger partial charge in [-0.05, 0) is 89.0 Å². The van der Waals surface area contributed by atoms with Crippen LogP contribution in [-0.2, 0) is 6.54 Å². The second-order valence-corrected chi connectivity index (χ2v) is 8.60. The van der Waals surface area contributed by atoms with Gasteiger partial charge in [0.15, 0.2) is 0 Å². The number of likely N-dealkylation sites (N-methyl/N-ethyl adjacent to an activating group) is 1. The highest BCUT2D eigenvalue weighted by Gasteiger charge is 2.27. The first kappa shape index (κ1) is 22.5. The van der Waals surface area contributed by atoms with Crippen LogP contribution in [0.2, 0.25) is 0 Å². The summed E-state index contributed by atoms with van der Waals surface area (Å²) in [5, 5.41) is 21.1. The Labute approximate surface area is 171 Å². The molecule has 0 amide bonds. The minimum absolute atomic E-state index is 0.346. The van der Waals surface area contributed by atoms with Crippen molar-refractivity contribution in [2.75, 3.05) is 34.7 Å². The molecular formula is C24H38N2O2. The van der Waals surface area contributed by atoms with Gasteiger partial charge in [-0.25, -0.2) is 0 Å². The molecule has 156 valence electrons. The van der Waals surface area contributed by atoms with E-state index in [1.54, 1.807) is 0 Å². The van der Waals surface area contributed by atoms with E-state index in [-0.39, 0.29) is 0 Å². The van der Waals surface area contributed by atoms with Crippen molar-refractivity contribution < 1.29 is 10.2 Å². The number of hydrogen-bond acceptors (Lipinski definition) is 4. The van der Waals surface area contributed by atoms with Crippen LogP contribution in [0.3, 0.4) is 0 Å². The quantitative estimate of drug-likeness (QED) is 0.622. The van der Waals surface area contributed by atoms with Crippen LogP contribution >= 0.6 is 0 Å². The Morgan fingerprint density at radius 2 is 1.54 bits per heavy atom. The molecule has 1 aromatic rings. The first-order valence-corrected chi connectivity index (χ1v) is 10.5. The topological polar surface area (TPSA) is 46.9 Å². The predicted octanol–water partition coefficient (Wildman–Crippen LogP) is 5.07. The summed E-state index contributed by atoms with van der Waals surface area (Å²) < 4.78 is 0. The van der Waals surface area contributed by atoms with Crippen molar-refractivity contribution in [1.82, 2.24) is 9.80 Å². The summed E-state index contributed by atoms with van der Waals surface area (Å²) >= 11 is 0. The molecule has 2 N–H and O–H groups in total. The molecule has 28 heavy (non-hydrogen) atoms. The van der Waals surface area contributed by atoms with E-state index in [4.69, 9.17) is 0 Å². The molecule has 1 aliphatic rings. The molecule has 2 unspecified atom stereocenters. The normalized spacial score (nSPS) is 17.2. The van der Waals surface area contributed by atoms with Gasteiger partial charge in [-0.2, -0.15) is 0 Å². The average molecular weight is 387 g/mol. The van der Waals surface area contributed by atoms with Crippen LogP contribution in [0.1, 0.15) is 56.6 Å². The van der Waals surface area contributed by atoms with Gasteiger partial charge in [0.2, 0.25) is 0 Å². The van der Waals surface area contributed by atoms with E-state index in [0.29, 0.717) is 23.3 Å². The van der Waals surface area contributed by atoms with E-state index in [2.05, 4.69) is 35.8 Å². The molecule has 0 bridgehead atoms. The minimum Gasteiger partial charge on any atom is -0.508 e. The highest BCUT2D eigenvalue weighted by atomic mass is 16.3. The predicted molar refractivity (Wildman–Crippen MR) is 118 cm³/mol. The van der Waals surface area contributed by atoms with Crippen molar-refractivity contribution in [2.24, 2.45) is 5.92 Å². The monoisotopic (exact) mass is 386 g/mol. The van der Waals surface area contributed by atoms with Crippen LogP contribution < -0.4 is 0 Å². The smallest absolute Gasteiger partial charge is 0.120 e. The molecule has 0 heterocycles. The number of phenolic OH excluding ortho intramolecular Hbond substituents is 1. The van der Waals surface area contributed by atoms with Gasteiger partial charge in [-0.15, -0.1) is 0 Å².